The first-order valence-electron chi connectivity index (χ1n) is 6.06. The first-order chi connectivity index (χ1) is 7.22. The van der Waals surface area contributed by atoms with E-state index >= 15 is 0 Å². The van der Waals surface area contributed by atoms with Crippen molar-refractivity contribution in [2.24, 2.45) is 11.8 Å². The molecule has 0 spiro atoms. The predicted molar refractivity (Wildman–Crippen MR) is 62.7 cm³/mol. The zero-order valence-corrected chi connectivity index (χ0v) is 10.1. The Morgan fingerprint density at radius 1 is 1.13 bits per heavy atom. The molecule has 1 rings (SSSR count). The van der Waals surface area contributed by atoms with Crippen molar-refractivity contribution in [3.63, 3.8) is 0 Å². The summed E-state index contributed by atoms with van der Waals surface area (Å²) in [5.41, 5.74) is 0. The van der Waals surface area contributed by atoms with Crippen LogP contribution >= 0.6 is 0 Å². The fourth-order valence-corrected chi connectivity index (χ4v) is 2.10. The van der Waals surface area contributed by atoms with Crippen LogP contribution in [0.5, 0.6) is 0 Å². The lowest BCUT2D eigenvalue weighted by atomic mass is 9.83. The molecule has 2 heteroatoms. The third-order valence-corrected chi connectivity index (χ3v) is 3.08. The molecule has 88 valence electrons. The van der Waals surface area contributed by atoms with Gasteiger partial charge < -0.3 is 9.47 Å². The monoisotopic (exact) mass is 212 g/mol. The van der Waals surface area contributed by atoms with E-state index in [9.17, 15) is 0 Å². The molecule has 0 amide bonds. The van der Waals surface area contributed by atoms with Crippen LogP contribution < -0.4 is 0 Å². The molecule has 1 fully saturated rings. The van der Waals surface area contributed by atoms with Gasteiger partial charge in [0.05, 0.1) is 19.0 Å². The molecule has 0 saturated heterocycles. The molecule has 1 saturated carbocycles. The summed E-state index contributed by atoms with van der Waals surface area (Å²) >= 11 is 0. The minimum Gasteiger partial charge on any atom is -0.502 e. The Labute approximate surface area is 93.7 Å². The van der Waals surface area contributed by atoms with Crippen molar-refractivity contribution in [2.75, 3.05) is 13.2 Å². The van der Waals surface area contributed by atoms with E-state index in [1.54, 1.807) is 6.26 Å². The minimum absolute atomic E-state index is 0.367. The van der Waals surface area contributed by atoms with Crippen molar-refractivity contribution in [3.8, 4) is 0 Å². The first-order valence-corrected chi connectivity index (χ1v) is 6.06. The second kappa shape index (κ2) is 6.89. The first kappa shape index (κ1) is 12.6. The summed E-state index contributed by atoms with van der Waals surface area (Å²) < 4.78 is 10.9. The normalized spacial score (nSPS) is 26.6. The SMILES string of the molecule is C=COCC1CCC(COC(C)C)CC1. The summed E-state index contributed by atoms with van der Waals surface area (Å²) in [5, 5.41) is 0. The highest BCUT2D eigenvalue weighted by molar-refractivity contribution is 4.73. The third-order valence-electron chi connectivity index (χ3n) is 3.08. The zero-order valence-electron chi connectivity index (χ0n) is 10.1. The van der Waals surface area contributed by atoms with Gasteiger partial charge in [0, 0.05) is 6.61 Å². The topological polar surface area (TPSA) is 18.5 Å². The molecule has 0 atom stereocenters. The molecule has 15 heavy (non-hydrogen) atoms. The van der Waals surface area contributed by atoms with Crippen molar-refractivity contribution >= 4 is 0 Å². The summed E-state index contributed by atoms with van der Waals surface area (Å²) in [6.45, 7) is 9.55. The van der Waals surface area contributed by atoms with Crippen molar-refractivity contribution in [1.29, 1.82) is 0 Å². The van der Waals surface area contributed by atoms with Crippen LogP contribution in [0.25, 0.3) is 0 Å². The average molecular weight is 212 g/mol. The number of ether oxygens (including phenoxy) is 2. The standard InChI is InChI=1S/C13H24O2/c1-4-14-9-12-5-7-13(8-6-12)10-15-11(2)3/h4,11-13H,1,5-10H2,2-3H3. The van der Waals surface area contributed by atoms with E-state index in [0.717, 1.165) is 25.0 Å². The van der Waals surface area contributed by atoms with E-state index in [1.165, 1.54) is 25.7 Å². The quantitative estimate of drug-likeness (QED) is 0.628. The van der Waals surface area contributed by atoms with Gasteiger partial charge >= 0.3 is 0 Å². The fraction of sp³-hybridized carbons (Fsp3) is 0.846. The maximum Gasteiger partial charge on any atom is 0.0901 e. The lowest BCUT2D eigenvalue weighted by Crippen LogP contribution is -2.22. The lowest BCUT2D eigenvalue weighted by molar-refractivity contribution is 0.0318. The van der Waals surface area contributed by atoms with E-state index in [4.69, 9.17) is 9.47 Å². The number of hydrogen-bond acceptors (Lipinski definition) is 2. The summed E-state index contributed by atoms with van der Waals surface area (Å²) in [7, 11) is 0. The second-order valence-corrected chi connectivity index (χ2v) is 4.77. The minimum atomic E-state index is 0.367. The highest BCUT2D eigenvalue weighted by Crippen LogP contribution is 2.29. The van der Waals surface area contributed by atoms with E-state index in [1.807, 2.05) is 0 Å². The van der Waals surface area contributed by atoms with Crippen LogP contribution in [0.2, 0.25) is 0 Å². The van der Waals surface area contributed by atoms with Gasteiger partial charge in [0.2, 0.25) is 0 Å². The molecule has 0 radical (unpaired) electrons. The Bertz CT molecular complexity index is 169. The van der Waals surface area contributed by atoms with Gasteiger partial charge in [-0.15, -0.1) is 0 Å². The Balaban J connectivity index is 2.09. The summed E-state index contributed by atoms with van der Waals surface area (Å²) in [5.74, 6) is 1.51. The Morgan fingerprint density at radius 3 is 2.13 bits per heavy atom. The molecule has 1 aliphatic rings. The Kier molecular flexibility index (Phi) is 5.77. The van der Waals surface area contributed by atoms with Crippen LogP contribution in [0.15, 0.2) is 12.8 Å². The molecule has 0 aliphatic heterocycles. The smallest absolute Gasteiger partial charge is 0.0901 e. The molecule has 0 N–H and O–H groups in total. The van der Waals surface area contributed by atoms with Gasteiger partial charge in [0.25, 0.3) is 0 Å². The summed E-state index contributed by atoms with van der Waals surface area (Å²) in [4.78, 5) is 0. The molecule has 0 aromatic rings. The molecule has 1 aliphatic carbocycles. The summed E-state index contributed by atoms with van der Waals surface area (Å²) in [6.07, 6.45) is 7.05. The second-order valence-electron chi connectivity index (χ2n) is 4.77. The van der Waals surface area contributed by atoms with Crippen molar-refractivity contribution < 1.29 is 9.47 Å². The molecule has 0 bridgehead atoms. The average Bonchev–Trinajstić information content (AvgIpc) is 2.25. The van der Waals surface area contributed by atoms with Crippen LogP contribution in [-0.4, -0.2) is 19.3 Å². The van der Waals surface area contributed by atoms with Crippen molar-refractivity contribution in [3.05, 3.63) is 12.8 Å². The molecule has 0 heterocycles. The van der Waals surface area contributed by atoms with Crippen LogP contribution in [0.1, 0.15) is 39.5 Å². The highest BCUT2D eigenvalue weighted by atomic mass is 16.5. The Hall–Kier alpha value is -0.500. The van der Waals surface area contributed by atoms with Gasteiger partial charge in [0.1, 0.15) is 0 Å². The van der Waals surface area contributed by atoms with Gasteiger partial charge in [-0.3, -0.25) is 0 Å². The molecular weight excluding hydrogens is 188 g/mol. The molecular formula is C13H24O2. The van der Waals surface area contributed by atoms with Crippen LogP contribution in [0.4, 0.5) is 0 Å². The van der Waals surface area contributed by atoms with Gasteiger partial charge in [0.15, 0.2) is 0 Å². The summed E-state index contributed by atoms with van der Waals surface area (Å²) in [6, 6.07) is 0. The molecule has 0 unspecified atom stereocenters. The fourth-order valence-electron chi connectivity index (χ4n) is 2.10. The van der Waals surface area contributed by atoms with Gasteiger partial charge in [-0.1, -0.05) is 6.58 Å². The molecule has 0 aromatic carbocycles. The number of rotatable bonds is 6. The van der Waals surface area contributed by atoms with E-state index in [-0.39, 0.29) is 0 Å². The van der Waals surface area contributed by atoms with Gasteiger partial charge in [-0.05, 0) is 51.4 Å². The van der Waals surface area contributed by atoms with Crippen molar-refractivity contribution in [1.82, 2.24) is 0 Å². The maximum absolute atomic E-state index is 5.65. The zero-order chi connectivity index (χ0) is 11.1. The van der Waals surface area contributed by atoms with Gasteiger partial charge in [-0.25, -0.2) is 0 Å². The van der Waals surface area contributed by atoms with Crippen molar-refractivity contribution in [2.45, 2.75) is 45.6 Å². The third kappa shape index (κ3) is 5.22. The lowest BCUT2D eigenvalue weighted by Gasteiger charge is -2.28. The van der Waals surface area contributed by atoms with Gasteiger partial charge in [-0.2, -0.15) is 0 Å². The van der Waals surface area contributed by atoms with E-state index < -0.39 is 0 Å². The number of hydrogen-bond donors (Lipinski definition) is 0. The molecule has 2 nitrogen and oxygen atoms in total. The highest BCUT2D eigenvalue weighted by Gasteiger charge is 2.21. The largest absolute Gasteiger partial charge is 0.502 e. The van der Waals surface area contributed by atoms with Crippen LogP contribution in [0, 0.1) is 11.8 Å². The predicted octanol–water partition coefficient (Wildman–Crippen LogP) is 3.38. The van der Waals surface area contributed by atoms with Crippen LogP contribution in [-0.2, 0) is 9.47 Å². The van der Waals surface area contributed by atoms with Crippen LogP contribution in [0.3, 0.4) is 0 Å². The molecule has 0 aromatic heterocycles. The van der Waals surface area contributed by atoms with E-state index in [2.05, 4.69) is 20.4 Å². The Morgan fingerprint density at radius 2 is 1.67 bits per heavy atom. The maximum atomic E-state index is 5.65. The van der Waals surface area contributed by atoms with E-state index in [0.29, 0.717) is 6.10 Å².